The number of amides is 1. The molecule has 0 fully saturated rings. The van der Waals surface area contributed by atoms with Gasteiger partial charge in [-0.15, -0.1) is 0 Å². The van der Waals surface area contributed by atoms with Crippen LogP contribution in [0.25, 0.3) is 0 Å². The van der Waals surface area contributed by atoms with Crippen LogP contribution in [0.1, 0.15) is 26.9 Å². The summed E-state index contributed by atoms with van der Waals surface area (Å²) in [5, 5.41) is 28.0. The minimum absolute atomic E-state index is 0.478. The first kappa shape index (κ1) is 15.6. The fraction of sp³-hybridized carbons (Fsp3) is 0.455. The van der Waals surface area contributed by atoms with Gasteiger partial charge in [-0.3, -0.25) is 9.99 Å². The van der Waals surface area contributed by atoms with Crippen molar-refractivity contribution in [3.63, 3.8) is 0 Å². The van der Waals surface area contributed by atoms with Crippen molar-refractivity contribution in [2.45, 2.75) is 32.5 Å². The van der Waals surface area contributed by atoms with Crippen LogP contribution in [0.2, 0.25) is 0 Å². The summed E-state index contributed by atoms with van der Waals surface area (Å²) in [7, 11) is 0. The molecular formula is C11H17N3O6. The third-order valence-corrected chi connectivity index (χ3v) is 2.08. The van der Waals surface area contributed by atoms with E-state index in [1.54, 1.807) is 20.8 Å². The van der Waals surface area contributed by atoms with Crippen LogP contribution >= 0.6 is 0 Å². The van der Waals surface area contributed by atoms with Gasteiger partial charge >= 0.3 is 12.1 Å². The van der Waals surface area contributed by atoms with Gasteiger partial charge in [0.1, 0.15) is 5.60 Å². The molecule has 1 heterocycles. The highest BCUT2D eigenvalue weighted by molar-refractivity contribution is 5.73. The van der Waals surface area contributed by atoms with Gasteiger partial charge in [-0.1, -0.05) is 0 Å². The number of aliphatic carboxylic acids is 1. The number of hydrogen-bond acceptors (Lipinski definition) is 6. The zero-order chi connectivity index (χ0) is 15.5. The summed E-state index contributed by atoms with van der Waals surface area (Å²) < 4.78 is 5.59. The maximum Gasteiger partial charge on any atom is 0.422 e. The van der Waals surface area contributed by atoms with Gasteiger partial charge < -0.3 is 20.1 Å². The number of carboxylic acid groups (broad SMARTS) is 1. The Morgan fingerprint density at radius 2 is 1.75 bits per heavy atom. The van der Waals surface area contributed by atoms with E-state index in [2.05, 4.69) is 5.43 Å². The zero-order valence-corrected chi connectivity index (χ0v) is 11.2. The van der Waals surface area contributed by atoms with Crippen molar-refractivity contribution in [1.82, 2.24) is 15.4 Å². The van der Waals surface area contributed by atoms with E-state index in [-0.39, 0.29) is 0 Å². The number of rotatable bonds is 4. The number of hydrogen-bond donors (Lipinski definition) is 5. The van der Waals surface area contributed by atoms with Crippen molar-refractivity contribution in [2.24, 2.45) is 0 Å². The molecule has 1 atom stereocenters. The largest absolute Gasteiger partial charge is 0.494 e. The molecule has 112 valence electrons. The van der Waals surface area contributed by atoms with Crippen molar-refractivity contribution in [3.8, 4) is 11.8 Å². The number of nitrogens with one attached hydrogen (secondary N) is 2. The van der Waals surface area contributed by atoms with Gasteiger partial charge in [-0.2, -0.15) is 5.43 Å². The van der Waals surface area contributed by atoms with Gasteiger partial charge in [-0.05, 0) is 20.8 Å². The van der Waals surface area contributed by atoms with Crippen molar-refractivity contribution < 1.29 is 29.6 Å². The third-order valence-electron chi connectivity index (χ3n) is 2.08. The van der Waals surface area contributed by atoms with E-state index in [0.717, 1.165) is 12.1 Å². The first-order valence-electron chi connectivity index (χ1n) is 5.68. The van der Waals surface area contributed by atoms with Crippen LogP contribution in [0.3, 0.4) is 0 Å². The van der Waals surface area contributed by atoms with Crippen LogP contribution in [-0.2, 0) is 9.53 Å². The summed E-state index contributed by atoms with van der Waals surface area (Å²) in [5.74, 6) is -2.38. The van der Waals surface area contributed by atoms with Crippen LogP contribution < -0.4 is 10.9 Å². The summed E-state index contributed by atoms with van der Waals surface area (Å²) in [4.78, 5) is 22.5. The average Bonchev–Trinajstić information content (AvgIpc) is 2.58. The molecule has 9 nitrogen and oxygen atoms in total. The summed E-state index contributed by atoms with van der Waals surface area (Å²) in [6.45, 7) is 4.93. The van der Waals surface area contributed by atoms with Crippen LogP contribution in [0.5, 0.6) is 11.8 Å². The second-order valence-corrected chi connectivity index (χ2v) is 4.93. The summed E-state index contributed by atoms with van der Waals surface area (Å²) in [6, 6.07) is 2.22. The smallest absolute Gasteiger partial charge is 0.422 e. The standard InChI is InChI=1S/C11H17N3O6/c1-11(2,3)20-10(19)13-12-8(9(17)18)14-6(15)4-5-7(14)16/h4-5,8,12,15-16H,1-3H3,(H,13,19)(H,17,18). The highest BCUT2D eigenvalue weighted by Gasteiger charge is 2.26. The second-order valence-electron chi connectivity index (χ2n) is 4.93. The normalized spacial score (nSPS) is 12.8. The Morgan fingerprint density at radius 3 is 2.15 bits per heavy atom. The maximum atomic E-state index is 11.4. The Balaban J connectivity index is 2.76. The molecule has 0 bridgehead atoms. The lowest BCUT2D eigenvalue weighted by atomic mass is 10.2. The molecule has 1 amide bonds. The average molecular weight is 287 g/mol. The molecule has 1 unspecified atom stereocenters. The number of nitrogens with zero attached hydrogens (tertiary/aromatic N) is 1. The molecule has 20 heavy (non-hydrogen) atoms. The topological polar surface area (TPSA) is 133 Å². The van der Waals surface area contributed by atoms with Gasteiger partial charge in [0, 0.05) is 12.1 Å². The Hall–Kier alpha value is -2.42. The number of ether oxygens (including phenoxy) is 1. The number of carboxylic acids is 1. The number of aromatic hydroxyl groups is 2. The van der Waals surface area contributed by atoms with E-state index in [1.165, 1.54) is 0 Å². The Bertz CT molecular complexity index is 485. The third kappa shape index (κ3) is 4.05. The molecule has 1 rings (SSSR count). The van der Waals surface area contributed by atoms with Gasteiger partial charge in [0.2, 0.25) is 6.17 Å². The first-order valence-corrected chi connectivity index (χ1v) is 5.68. The predicted molar refractivity (Wildman–Crippen MR) is 66.9 cm³/mol. The number of carbonyl (C=O) groups is 2. The number of hydrazine groups is 1. The number of aromatic nitrogens is 1. The highest BCUT2D eigenvalue weighted by Crippen LogP contribution is 2.25. The monoisotopic (exact) mass is 287 g/mol. The summed E-state index contributed by atoms with van der Waals surface area (Å²) >= 11 is 0. The Labute approximate surface area is 114 Å². The molecule has 0 aliphatic carbocycles. The van der Waals surface area contributed by atoms with Crippen molar-refractivity contribution in [1.29, 1.82) is 0 Å². The van der Waals surface area contributed by atoms with E-state index in [9.17, 15) is 19.8 Å². The molecule has 0 saturated heterocycles. The van der Waals surface area contributed by atoms with Crippen LogP contribution in [-0.4, -0.2) is 37.6 Å². The van der Waals surface area contributed by atoms with Crippen molar-refractivity contribution >= 4 is 12.1 Å². The van der Waals surface area contributed by atoms with Crippen molar-refractivity contribution in [2.75, 3.05) is 0 Å². The van der Waals surface area contributed by atoms with Crippen LogP contribution in [0.4, 0.5) is 4.79 Å². The molecule has 0 aliphatic rings. The summed E-state index contributed by atoms with van der Waals surface area (Å²) in [5.41, 5.74) is 3.42. The van der Waals surface area contributed by atoms with Crippen molar-refractivity contribution in [3.05, 3.63) is 12.1 Å². The minimum atomic E-state index is -1.60. The first-order chi connectivity index (χ1) is 9.11. The van der Waals surface area contributed by atoms with E-state index >= 15 is 0 Å². The molecule has 0 spiro atoms. The lowest BCUT2D eigenvalue weighted by Crippen LogP contribution is -2.47. The van der Waals surface area contributed by atoms with E-state index in [1.807, 2.05) is 5.43 Å². The molecule has 0 aromatic carbocycles. The molecule has 1 aromatic rings. The Morgan fingerprint density at radius 1 is 1.25 bits per heavy atom. The number of carbonyl (C=O) groups excluding carboxylic acids is 1. The quantitative estimate of drug-likeness (QED) is 0.509. The van der Waals surface area contributed by atoms with E-state index in [0.29, 0.717) is 4.57 Å². The van der Waals surface area contributed by atoms with Gasteiger partial charge in [0.15, 0.2) is 11.8 Å². The van der Waals surface area contributed by atoms with Gasteiger partial charge in [0.25, 0.3) is 0 Å². The van der Waals surface area contributed by atoms with E-state index < -0.39 is 35.6 Å². The lowest BCUT2D eigenvalue weighted by molar-refractivity contribution is -0.142. The van der Waals surface area contributed by atoms with Gasteiger partial charge in [0.05, 0.1) is 0 Å². The molecule has 0 radical (unpaired) electrons. The fourth-order valence-electron chi connectivity index (χ4n) is 1.36. The lowest BCUT2D eigenvalue weighted by Gasteiger charge is -2.22. The predicted octanol–water partition coefficient (Wildman–Crippen LogP) is 0.512. The maximum absolute atomic E-state index is 11.4. The molecule has 0 saturated carbocycles. The van der Waals surface area contributed by atoms with Crippen LogP contribution in [0.15, 0.2) is 12.1 Å². The van der Waals surface area contributed by atoms with Crippen LogP contribution in [0, 0.1) is 0 Å². The summed E-state index contributed by atoms with van der Waals surface area (Å²) in [6.07, 6.45) is -2.49. The SMILES string of the molecule is CC(C)(C)OC(=O)NNC(C(=O)O)n1c(O)ccc1O. The molecule has 0 aliphatic heterocycles. The minimum Gasteiger partial charge on any atom is -0.494 e. The second kappa shape index (κ2) is 5.70. The van der Waals surface area contributed by atoms with Gasteiger partial charge in [-0.25, -0.2) is 9.59 Å². The fourth-order valence-corrected chi connectivity index (χ4v) is 1.36. The molecule has 9 heteroatoms. The molecular weight excluding hydrogens is 270 g/mol. The Kier molecular flexibility index (Phi) is 4.45. The molecule has 5 N–H and O–H groups in total. The highest BCUT2D eigenvalue weighted by atomic mass is 16.6. The van der Waals surface area contributed by atoms with E-state index in [4.69, 9.17) is 9.84 Å². The molecule has 1 aromatic heterocycles. The zero-order valence-electron chi connectivity index (χ0n) is 11.2.